The molecule has 5 aromatic rings. The average Bonchev–Trinajstić information content (AvgIpc) is 2.94. The number of hydrogen-bond donors (Lipinski definition) is 0. The number of halogens is 2. The van der Waals surface area contributed by atoms with Crippen LogP contribution in [0.4, 0.5) is 0 Å². The molecule has 0 atom stereocenters. The topological polar surface area (TPSA) is 68.3 Å². The first-order chi connectivity index (χ1) is 18.2. The molecular weight excluding hydrogens is 559 g/mol. The lowest BCUT2D eigenvalue weighted by Crippen LogP contribution is -2.03. The monoisotopic (exact) mass is 578 g/mol. The van der Waals surface area contributed by atoms with Crippen molar-refractivity contribution in [1.82, 2.24) is 0 Å². The fourth-order valence-electron chi connectivity index (χ4n) is 4.11. The summed E-state index contributed by atoms with van der Waals surface area (Å²) in [6, 6.07) is 33.0. The van der Waals surface area contributed by atoms with Crippen LogP contribution in [0, 0.1) is 0 Å². The summed E-state index contributed by atoms with van der Waals surface area (Å²) in [6.45, 7) is 0. The summed E-state index contributed by atoms with van der Waals surface area (Å²) >= 11 is 11.9. The SMILES string of the molecule is O=S(=O)(c1ccc(Cl)cc1)c1ccc(-c2cc(S(=O)(=O)c3ccc(Cl)cc3)ccc2-c2ccccc2)cc1. The average molecular weight is 580 g/mol. The van der Waals surface area contributed by atoms with E-state index in [1.807, 2.05) is 30.3 Å². The Hall–Kier alpha value is -3.42. The lowest BCUT2D eigenvalue weighted by Gasteiger charge is -2.14. The summed E-state index contributed by atoms with van der Waals surface area (Å²) in [7, 11) is -7.57. The third-order valence-electron chi connectivity index (χ3n) is 6.11. The van der Waals surface area contributed by atoms with E-state index < -0.39 is 19.7 Å². The molecule has 0 bridgehead atoms. The third kappa shape index (κ3) is 5.13. The molecule has 4 nitrogen and oxygen atoms in total. The molecule has 0 spiro atoms. The van der Waals surface area contributed by atoms with Crippen LogP contribution in [-0.2, 0) is 19.7 Å². The van der Waals surface area contributed by atoms with Crippen LogP contribution < -0.4 is 0 Å². The minimum absolute atomic E-state index is 0.118. The van der Waals surface area contributed by atoms with Gasteiger partial charge in [-0.25, -0.2) is 16.8 Å². The van der Waals surface area contributed by atoms with E-state index >= 15 is 0 Å². The van der Waals surface area contributed by atoms with Gasteiger partial charge in [-0.2, -0.15) is 0 Å². The Bertz CT molecular complexity index is 1820. The molecule has 5 aromatic carbocycles. The van der Waals surface area contributed by atoms with E-state index in [9.17, 15) is 16.8 Å². The standard InChI is InChI=1S/C30H20Cl2O4S2/c31-23-8-14-26(15-9-23)37(33,34)25-12-6-22(7-13-25)30-20-28(18-19-29(30)21-4-2-1-3-5-21)38(35,36)27-16-10-24(32)11-17-27/h1-20H. The predicted molar refractivity (Wildman–Crippen MR) is 151 cm³/mol. The van der Waals surface area contributed by atoms with Crippen LogP contribution in [0.3, 0.4) is 0 Å². The Balaban J connectivity index is 1.62. The summed E-state index contributed by atoms with van der Waals surface area (Å²) in [5, 5.41) is 0.888. The zero-order chi connectivity index (χ0) is 26.9. The van der Waals surface area contributed by atoms with E-state index in [4.69, 9.17) is 23.2 Å². The van der Waals surface area contributed by atoms with Gasteiger partial charge in [-0.3, -0.25) is 0 Å². The number of rotatable bonds is 6. The van der Waals surface area contributed by atoms with E-state index in [1.54, 1.807) is 30.3 Å². The predicted octanol–water partition coefficient (Wildman–Crippen LogP) is 7.99. The summed E-state index contributed by atoms with van der Waals surface area (Å²) < 4.78 is 53.1. The summed E-state index contributed by atoms with van der Waals surface area (Å²) in [6.07, 6.45) is 0. The van der Waals surface area contributed by atoms with Gasteiger partial charge in [0.15, 0.2) is 0 Å². The van der Waals surface area contributed by atoms with Crippen LogP contribution in [0.25, 0.3) is 22.3 Å². The Labute approximate surface area is 232 Å². The molecule has 0 N–H and O–H groups in total. The minimum Gasteiger partial charge on any atom is -0.219 e. The number of benzene rings is 5. The molecule has 0 aliphatic heterocycles. The van der Waals surface area contributed by atoms with Crippen molar-refractivity contribution in [3.8, 4) is 22.3 Å². The van der Waals surface area contributed by atoms with Crippen molar-refractivity contribution in [2.24, 2.45) is 0 Å². The maximum atomic E-state index is 13.4. The fraction of sp³-hybridized carbons (Fsp3) is 0. The van der Waals surface area contributed by atoms with Crippen LogP contribution >= 0.6 is 23.2 Å². The van der Waals surface area contributed by atoms with Crippen LogP contribution in [0.2, 0.25) is 10.0 Å². The van der Waals surface area contributed by atoms with E-state index in [1.165, 1.54) is 60.7 Å². The fourth-order valence-corrected chi connectivity index (χ4v) is 6.91. The van der Waals surface area contributed by atoms with Crippen molar-refractivity contribution in [1.29, 1.82) is 0 Å². The first kappa shape index (κ1) is 26.2. The third-order valence-corrected chi connectivity index (χ3v) is 10.2. The van der Waals surface area contributed by atoms with Crippen molar-refractivity contribution < 1.29 is 16.8 Å². The van der Waals surface area contributed by atoms with Gasteiger partial charge in [0.1, 0.15) is 0 Å². The van der Waals surface area contributed by atoms with Crippen molar-refractivity contribution in [3.63, 3.8) is 0 Å². The van der Waals surface area contributed by atoms with Gasteiger partial charge in [-0.15, -0.1) is 0 Å². The van der Waals surface area contributed by atoms with E-state index in [2.05, 4.69) is 0 Å². The van der Waals surface area contributed by atoms with Gasteiger partial charge in [-0.1, -0.05) is 71.7 Å². The van der Waals surface area contributed by atoms with Crippen LogP contribution in [0.5, 0.6) is 0 Å². The molecular formula is C30H20Cl2O4S2. The molecule has 0 saturated carbocycles. The molecule has 38 heavy (non-hydrogen) atoms. The Morgan fingerprint density at radius 2 is 0.789 bits per heavy atom. The molecule has 0 heterocycles. The highest BCUT2D eigenvalue weighted by atomic mass is 35.5. The second kappa shape index (κ2) is 10.4. The maximum Gasteiger partial charge on any atom is 0.206 e. The largest absolute Gasteiger partial charge is 0.219 e. The second-order valence-electron chi connectivity index (χ2n) is 8.51. The molecule has 0 saturated heterocycles. The molecule has 0 aliphatic rings. The minimum atomic E-state index is -3.82. The Morgan fingerprint density at radius 1 is 0.395 bits per heavy atom. The quantitative estimate of drug-likeness (QED) is 0.205. The van der Waals surface area contributed by atoms with Crippen molar-refractivity contribution in [3.05, 3.63) is 131 Å². The molecule has 0 amide bonds. The molecule has 0 radical (unpaired) electrons. The first-order valence-electron chi connectivity index (χ1n) is 11.5. The molecule has 8 heteroatoms. The Kier molecular flexibility index (Phi) is 7.16. The van der Waals surface area contributed by atoms with E-state index in [0.717, 1.165) is 11.1 Å². The van der Waals surface area contributed by atoms with Gasteiger partial charge in [0.05, 0.1) is 19.6 Å². The van der Waals surface area contributed by atoms with Gasteiger partial charge in [0.25, 0.3) is 0 Å². The van der Waals surface area contributed by atoms with Gasteiger partial charge in [-0.05, 0) is 95.1 Å². The molecule has 0 aromatic heterocycles. The molecule has 0 unspecified atom stereocenters. The highest BCUT2D eigenvalue weighted by Crippen LogP contribution is 2.36. The second-order valence-corrected chi connectivity index (χ2v) is 13.3. The van der Waals surface area contributed by atoms with Gasteiger partial charge in [0.2, 0.25) is 19.7 Å². The zero-order valence-corrected chi connectivity index (χ0v) is 22.9. The van der Waals surface area contributed by atoms with E-state index in [0.29, 0.717) is 21.2 Å². The lowest BCUT2D eigenvalue weighted by atomic mass is 9.95. The summed E-state index contributed by atoms with van der Waals surface area (Å²) in [5.74, 6) is 0. The first-order valence-corrected chi connectivity index (χ1v) is 15.2. The molecule has 190 valence electrons. The normalized spacial score (nSPS) is 11.8. The highest BCUT2D eigenvalue weighted by Gasteiger charge is 2.21. The van der Waals surface area contributed by atoms with Crippen LogP contribution in [0.15, 0.2) is 141 Å². The van der Waals surface area contributed by atoms with Crippen LogP contribution in [0.1, 0.15) is 0 Å². The molecule has 0 aliphatic carbocycles. The van der Waals surface area contributed by atoms with Gasteiger partial charge >= 0.3 is 0 Å². The van der Waals surface area contributed by atoms with Crippen LogP contribution in [-0.4, -0.2) is 16.8 Å². The lowest BCUT2D eigenvalue weighted by molar-refractivity contribution is 0.594. The molecule has 0 fully saturated rings. The van der Waals surface area contributed by atoms with Crippen molar-refractivity contribution in [2.75, 3.05) is 0 Å². The highest BCUT2D eigenvalue weighted by molar-refractivity contribution is 7.91. The Morgan fingerprint density at radius 3 is 1.29 bits per heavy atom. The van der Waals surface area contributed by atoms with E-state index in [-0.39, 0.29) is 19.6 Å². The van der Waals surface area contributed by atoms with Crippen molar-refractivity contribution in [2.45, 2.75) is 19.6 Å². The summed E-state index contributed by atoms with van der Waals surface area (Å²) in [5.41, 5.74) is 3.04. The smallest absolute Gasteiger partial charge is 0.206 e. The van der Waals surface area contributed by atoms with Crippen molar-refractivity contribution >= 4 is 42.9 Å². The number of hydrogen-bond acceptors (Lipinski definition) is 4. The number of sulfone groups is 2. The van der Waals surface area contributed by atoms with Gasteiger partial charge < -0.3 is 0 Å². The zero-order valence-electron chi connectivity index (χ0n) is 19.8. The maximum absolute atomic E-state index is 13.4. The van der Waals surface area contributed by atoms with Gasteiger partial charge in [0, 0.05) is 10.0 Å². The summed E-state index contributed by atoms with van der Waals surface area (Å²) in [4.78, 5) is 0.502. The molecule has 5 rings (SSSR count).